The molecule has 250 valence electrons. The van der Waals surface area contributed by atoms with Crippen LogP contribution >= 0.6 is 11.8 Å². The third-order valence-corrected chi connectivity index (χ3v) is 8.73. The zero-order valence-corrected chi connectivity index (χ0v) is 28.1. The van der Waals surface area contributed by atoms with Gasteiger partial charge in [0.1, 0.15) is 5.69 Å². The summed E-state index contributed by atoms with van der Waals surface area (Å²) in [6, 6.07) is 23.2. The van der Waals surface area contributed by atoms with Crippen LogP contribution < -0.4 is 30.8 Å². The summed E-state index contributed by atoms with van der Waals surface area (Å²) in [5.74, 6) is 0. The molecule has 13 heteroatoms. The number of likely N-dealkylation sites (N-methyl/N-ethyl adjacent to an activating group) is 3. The van der Waals surface area contributed by atoms with Crippen LogP contribution in [0.15, 0.2) is 72.8 Å². The molecule has 3 aromatic rings. The van der Waals surface area contributed by atoms with E-state index < -0.39 is 0 Å². The molecular weight excluding hydrogens is 604 g/mol. The first-order chi connectivity index (χ1) is 22.3. The minimum absolute atomic E-state index is 0.201. The smallest absolute Gasteiger partial charge is 0.292 e. The number of nitrogens with zero attached hydrogens (tertiary/aromatic N) is 7. The Morgan fingerprint density at radius 2 is 1.00 bits per heavy atom. The van der Waals surface area contributed by atoms with Crippen molar-refractivity contribution in [3.05, 3.63) is 82.9 Å². The molecule has 3 aliphatic rings. The monoisotopic (exact) mass is 652 g/mol. The van der Waals surface area contributed by atoms with Gasteiger partial charge in [-0.15, -0.1) is 4.94 Å². The van der Waals surface area contributed by atoms with Crippen LogP contribution in [-0.2, 0) is 0 Å². The average molecular weight is 653 g/mol. The van der Waals surface area contributed by atoms with Gasteiger partial charge in [-0.1, -0.05) is 36.4 Å². The van der Waals surface area contributed by atoms with Crippen molar-refractivity contribution in [1.29, 1.82) is 0 Å². The van der Waals surface area contributed by atoms with Crippen molar-refractivity contribution >= 4 is 45.9 Å². The van der Waals surface area contributed by atoms with E-state index in [-0.39, 0.29) is 10.6 Å². The Bertz CT molecular complexity index is 1360. The SMILES string of the molecule is CN1CCN(c2ccccc2N)CC1.CN1CCN(c2ccccc2NNCl)CC1.CN1CCN(c2ccccc2[N+](=O)[O-])CC1. The molecule has 3 aromatic carbocycles. The normalized spacial score (nSPS) is 17.8. The molecule has 0 atom stereocenters. The average Bonchev–Trinajstić information content (AvgIpc) is 3.07. The number of rotatable bonds is 6. The second kappa shape index (κ2) is 17.8. The van der Waals surface area contributed by atoms with E-state index in [1.807, 2.05) is 48.5 Å². The summed E-state index contributed by atoms with van der Waals surface area (Å²) in [7, 11) is 6.38. The first-order valence-corrected chi connectivity index (χ1v) is 16.2. The number of para-hydroxylation sites is 6. The molecule has 12 nitrogen and oxygen atoms in total. The van der Waals surface area contributed by atoms with E-state index in [0.717, 1.165) is 95.6 Å². The van der Waals surface area contributed by atoms with Gasteiger partial charge in [0, 0.05) is 84.6 Å². The molecule has 0 aliphatic carbocycles. The third kappa shape index (κ3) is 10.1. The highest BCUT2D eigenvalue weighted by atomic mass is 35.5. The number of piperazine rings is 3. The van der Waals surface area contributed by atoms with Gasteiger partial charge in [-0.25, -0.2) is 0 Å². The maximum atomic E-state index is 10.9. The van der Waals surface area contributed by atoms with Gasteiger partial charge in [-0.2, -0.15) is 0 Å². The molecule has 0 spiro atoms. The maximum Gasteiger partial charge on any atom is 0.292 e. The zero-order valence-electron chi connectivity index (χ0n) is 27.3. The van der Waals surface area contributed by atoms with Gasteiger partial charge >= 0.3 is 0 Å². The van der Waals surface area contributed by atoms with Gasteiger partial charge in [0.25, 0.3) is 5.69 Å². The molecule has 6 rings (SSSR count). The third-order valence-electron chi connectivity index (χ3n) is 8.63. The van der Waals surface area contributed by atoms with Crippen LogP contribution in [0.3, 0.4) is 0 Å². The highest BCUT2D eigenvalue weighted by molar-refractivity contribution is 6.14. The fraction of sp³-hybridized carbons (Fsp3) is 0.455. The van der Waals surface area contributed by atoms with Crippen LogP contribution in [0, 0.1) is 10.1 Å². The number of nitrogens with one attached hydrogen (secondary N) is 2. The van der Waals surface area contributed by atoms with Gasteiger partial charge in [0.2, 0.25) is 0 Å². The molecule has 0 unspecified atom stereocenters. The van der Waals surface area contributed by atoms with E-state index in [0.29, 0.717) is 0 Å². The van der Waals surface area contributed by atoms with Crippen molar-refractivity contribution < 1.29 is 4.92 Å². The number of halogens is 1. The molecule has 0 saturated carbocycles. The molecule has 3 fully saturated rings. The van der Waals surface area contributed by atoms with Crippen LogP contribution in [0.5, 0.6) is 0 Å². The molecular formula is C33H49ClN10O2. The first kappa shape index (κ1) is 35.1. The Kier molecular flexibility index (Phi) is 13.5. The first-order valence-electron chi connectivity index (χ1n) is 15.9. The van der Waals surface area contributed by atoms with Crippen molar-refractivity contribution in [3.63, 3.8) is 0 Å². The van der Waals surface area contributed by atoms with Crippen molar-refractivity contribution in [2.75, 3.05) is 126 Å². The van der Waals surface area contributed by atoms with Gasteiger partial charge in [-0.3, -0.25) is 10.1 Å². The van der Waals surface area contributed by atoms with Crippen LogP contribution in [0.1, 0.15) is 0 Å². The molecule has 46 heavy (non-hydrogen) atoms. The van der Waals surface area contributed by atoms with E-state index in [1.165, 1.54) is 11.4 Å². The summed E-state index contributed by atoms with van der Waals surface area (Å²) >= 11 is 5.48. The summed E-state index contributed by atoms with van der Waals surface area (Å²) in [4.78, 5) is 26.8. The Balaban J connectivity index is 0.000000157. The lowest BCUT2D eigenvalue weighted by Crippen LogP contribution is -2.44. The lowest BCUT2D eigenvalue weighted by molar-refractivity contribution is -0.384. The second-order valence-electron chi connectivity index (χ2n) is 11.9. The lowest BCUT2D eigenvalue weighted by Gasteiger charge is -2.35. The summed E-state index contributed by atoms with van der Waals surface area (Å²) in [6.45, 7) is 12.3. The number of nitro benzene ring substituents is 1. The topological polar surface area (TPSA) is 113 Å². The quantitative estimate of drug-likeness (QED) is 0.156. The fourth-order valence-corrected chi connectivity index (χ4v) is 5.81. The molecule has 0 radical (unpaired) electrons. The number of anilines is 5. The Morgan fingerprint density at radius 3 is 1.48 bits per heavy atom. The minimum Gasteiger partial charge on any atom is -0.397 e. The lowest BCUT2D eigenvalue weighted by atomic mass is 10.2. The van der Waals surface area contributed by atoms with Crippen LogP contribution in [0.4, 0.5) is 34.1 Å². The maximum absolute atomic E-state index is 10.9. The molecule has 0 aromatic heterocycles. The molecule has 3 saturated heterocycles. The van der Waals surface area contributed by atoms with Crippen molar-refractivity contribution in [3.8, 4) is 0 Å². The molecule has 3 heterocycles. The summed E-state index contributed by atoms with van der Waals surface area (Å²) in [6.07, 6.45) is 0. The number of nitrogens with two attached hydrogens (primary N) is 1. The van der Waals surface area contributed by atoms with E-state index in [4.69, 9.17) is 17.5 Å². The molecule has 0 bridgehead atoms. The van der Waals surface area contributed by atoms with Crippen LogP contribution in [0.2, 0.25) is 0 Å². The number of nitro groups is 1. The number of hydrogen-bond donors (Lipinski definition) is 3. The molecule has 4 N–H and O–H groups in total. The summed E-state index contributed by atoms with van der Waals surface area (Å²) in [5, 5.41) is 10.9. The predicted molar refractivity (Wildman–Crippen MR) is 192 cm³/mol. The second-order valence-corrected chi connectivity index (χ2v) is 12.1. The Morgan fingerprint density at radius 1 is 0.609 bits per heavy atom. The van der Waals surface area contributed by atoms with Crippen molar-refractivity contribution in [1.82, 2.24) is 19.6 Å². The number of nitrogen functional groups attached to an aromatic ring is 1. The van der Waals surface area contributed by atoms with Gasteiger partial charge < -0.3 is 40.6 Å². The summed E-state index contributed by atoms with van der Waals surface area (Å²) < 4.78 is 0. The number of benzene rings is 3. The van der Waals surface area contributed by atoms with Crippen LogP contribution in [0.25, 0.3) is 0 Å². The van der Waals surface area contributed by atoms with Crippen molar-refractivity contribution in [2.45, 2.75) is 0 Å². The minimum atomic E-state index is -0.312. The molecule has 3 aliphatic heterocycles. The Hall–Kier alpha value is -3.81. The Labute approximate surface area is 278 Å². The largest absolute Gasteiger partial charge is 0.397 e. The predicted octanol–water partition coefficient (Wildman–Crippen LogP) is 3.88. The highest BCUT2D eigenvalue weighted by Gasteiger charge is 2.22. The standard InChI is InChI=1S/C11H17ClN4.C11H15N3O2.C11H17N3/c1-15-6-8-16(9-7-15)11-5-3-2-4-10(11)13-14-12;1-12-6-8-13(9-7-12)10-4-2-3-5-11(10)14(15)16;1-13-6-8-14(9-7-13)11-5-3-2-4-10(11)12/h2-5,13-14H,6-9H2,1H3;2-5H,6-9H2,1H3;2-5H,6-9,12H2,1H3. The summed E-state index contributed by atoms with van der Waals surface area (Å²) in [5.41, 5.74) is 14.1. The van der Waals surface area contributed by atoms with Crippen molar-refractivity contribution in [2.24, 2.45) is 0 Å². The molecule has 0 amide bonds. The van der Waals surface area contributed by atoms with E-state index in [9.17, 15) is 10.1 Å². The van der Waals surface area contributed by atoms with Gasteiger partial charge in [0.05, 0.1) is 27.7 Å². The van der Waals surface area contributed by atoms with E-state index in [1.54, 1.807) is 12.1 Å². The number of hydrazine groups is 1. The zero-order chi connectivity index (χ0) is 32.9. The van der Waals surface area contributed by atoms with E-state index in [2.05, 4.69) is 73.0 Å². The highest BCUT2D eigenvalue weighted by Crippen LogP contribution is 2.28. The van der Waals surface area contributed by atoms with Crippen LogP contribution in [-0.4, -0.2) is 119 Å². The van der Waals surface area contributed by atoms with Gasteiger partial charge in [-0.05, 0) is 63.3 Å². The van der Waals surface area contributed by atoms with Gasteiger partial charge in [0.15, 0.2) is 0 Å². The number of hydrogen-bond acceptors (Lipinski definition) is 11. The fourth-order valence-electron chi connectivity index (χ4n) is 5.71. The van der Waals surface area contributed by atoms with E-state index >= 15 is 0 Å².